The van der Waals surface area contributed by atoms with Gasteiger partial charge < -0.3 is 4.74 Å². The van der Waals surface area contributed by atoms with E-state index < -0.39 is 10.8 Å². The molecule has 0 N–H and O–H groups in total. The average molecular weight is 699 g/mol. The van der Waals surface area contributed by atoms with Gasteiger partial charge in [-0.1, -0.05) is 194 Å². The second-order valence-corrected chi connectivity index (χ2v) is 15.1. The molecule has 0 unspecified atom stereocenters. The summed E-state index contributed by atoms with van der Waals surface area (Å²) in [5.41, 5.74) is 16.7. The fraction of sp³-hybridized carbons (Fsp3) is 0.0370. The lowest BCUT2D eigenvalue weighted by molar-refractivity contribution is 0.442. The zero-order chi connectivity index (χ0) is 36.1. The van der Waals surface area contributed by atoms with Crippen molar-refractivity contribution in [3.05, 3.63) is 251 Å². The van der Waals surface area contributed by atoms with E-state index in [9.17, 15) is 0 Å². The molecule has 1 nitrogen and oxygen atoms in total. The molecule has 256 valence electrons. The highest BCUT2D eigenvalue weighted by molar-refractivity contribution is 5.96. The van der Waals surface area contributed by atoms with Crippen LogP contribution < -0.4 is 4.74 Å². The molecular weight excluding hydrogens is 665 g/mol. The minimum Gasteiger partial charge on any atom is -0.456 e. The van der Waals surface area contributed by atoms with Gasteiger partial charge >= 0.3 is 0 Å². The van der Waals surface area contributed by atoms with E-state index in [0.717, 1.165) is 16.9 Å². The zero-order valence-corrected chi connectivity index (χ0v) is 30.0. The quantitative estimate of drug-likeness (QED) is 0.178. The monoisotopic (exact) mass is 698 g/mol. The van der Waals surface area contributed by atoms with Gasteiger partial charge in [-0.3, -0.25) is 0 Å². The molecule has 0 amide bonds. The molecule has 12 rings (SSSR count). The summed E-state index contributed by atoms with van der Waals surface area (Å²) in [6.45, 7) is 0. The summed E-state index contributed by atoms with van der Waals surface area (Å²) in [6.07, 6.45) is 0. The third-order valence-corrected chi connectivity index (χ3v) is 12.6. The molecule has 0 fully saturated rings. The summed E-state index contributed by atoms with van der Waals surface area (Å²) < 4.78 is 7.01. The lowest BCUT2D eigenvalue weighted by atomic mass is 9.65. The SMILES string of the molecule is c1ccc(C2(c3ccc(-c4ccc5c(c4)C4(c6ccccc6-c6ccccc64)c4ccc6ccccc6c4O5)cc3)c3ccccc3-c3ccccc32)cc1. The summed E-state index contributed by atoms with van der Waals surface area (Å²) >= 11 is 0. The van der Waals surface area contributed by atoms with Crippen LogP contribution in [0.15, 0.2) is 206 Å². The molecule has 1 heteroatoms. The van der Waals surface area contributed by atoms with Crippen molar-refractivity contribution in [3.8, 4) is 44.9 Å². The van der Waals surface area contributed by atoms with Crippen LogP contribution in [0.25, 0.3) is 44.2 Å². The van der Waals surface area contributed by atoms with Crippen molar-refractivity contribution in [2.24, 2.45) is 0 Å². The normalized spacial score (nSPS) is 14.6. The van der Waals surface area contributed by atoms with Crippen LogP contribution in [0.1, 0.15) is 44.5 Å². The van der Waals surface area contributed by atoms with Crippen molar-refractivity contribution in [1.82, 2.24) is 0 Å². The Morgan fingerprint density at radius 2 is 0.800 bits per heavy atom. The lowest BCUT2D eigenvalue weighted by Crippen LogP contribution is -2.32. The Bertz CT molecular complexity index is 2920. The standard InChI is InChI=1S/C54H34O/c1-2-15-38(16-3-1)53(45-22-10-6-18-41(45)42-19-7-11-23-46(42)53)39-30-26-35(27-31-39)37-29-33-51-50(34-37)54(49-32-28-36-14-4-5-17-40(36)52(49)55-51)47-24-12-8-20-43(47)44-21-9-13-25-48(44)54/h1-34H. The van der Waals surface area contributed by atoms with Crippen LogP contribution >= 0.6 is 0 Å². The molecule has 55 heavy (non-hydrogen) atoms. The second-order valence-electron chi connectivity index (χ2n) is 15.1. The van der Waals surface area contributed by atoms with Gasteiger partial charge in [-0.05, 0) is 84.3 Å². The Kier molecular flexibility index (Phi) is 6.25. The van der Waals surface area contributed by atoms with Crippen molar-refractivity contribution >= 4 is 10.8 Å². The first-order valence-corrected chi connectivity index (χ1v) is 19.2. The highest BCUT2D eigenvalue weighted by Gasteiger charge is 2.51. The Hall–Kier alpha value is -6.96. The van der Waals surface area contributed by atoms with E-state index in [-0.39, 0.29) is 0 Å². The summed E-state index contributed by atoms with van der Waals surface area (Å²) in [5.74, 6) is 1.84. The van der Waals surface area contributed by atoms with Gasteiger partial charge in [-0.25, -0.2) is 0 Å². The largest absolute Gasteiger partial charge is 0.456 e. The number of fused-ring (bicyclic) bond motifs is 14. The van der Waals surface area contributed by atoms with Crippen molar-refractivity contribution in [2.75, 3.05) is 0 Å². The average Bonchev–Trinajstić information content (AvgIpc) is 3.73. The van der Waals surface area contributed by atoms with Gasteiger partial charge in [-0.2, -0.15) is 0 Å². The third-order valence-electron chi connectivity index (χ3n) is 12.6. The first kappa shape index (κ1) is 30.5. The maximum Gasteiger partial charge on any atom is 0.140 e. The summed E-state index contributed by atoms with van der Waals surface area (Å²) in [5, 5.41) is 2.31. The molecule has 2 aliphatic carbocycles. The molecule has 9 aromatic carbocycles. The number of benzene rings is 9. The summed E-state index contributed by atoms with van der Waals surface area (Å²) in [6, 6.07) is 76.1. The molecule has 0 saturated heterocycles. The molecule has 9 aromatic rings. The molecule has 1 aliphatic heterocycles. The van der Waals surface area contributed by atoms with Crippen LogP contribution in [0.4, 0.5) is 0 Å². The molecule has 1 heterocycles. The van der Waals surface area contributed by atoms with Crippen molar-refractivity contribution < 1.29 is 4.74 Å². The smallest absolute Gasteiger partial charge is 0.140 e. The molecule has 0 saturated carbocycles. The Morgan fingerprint density at radius 3 is 1.42 bits per heavy atom. The van der Waals surface area contributed by atoms with Crippen LogP contribution in [0.3, 0.4) is 0 Å². The Balaban J connectivity index is 1.07. The predicted molar refractivity (Wildman–Crippen MR) is 224 cm³/mol. The van der Waals surface area contributed by atoms with Crippen LogP contribution in [-0.2, 0) is 10.8 Å². The minimum atomic E-state index is -0.537. The van der Waals surface area contributed by atoms with Gasteiger partial charge in [0.15, 0.2) is 0 Å². The summed E-state index contributed by atoms with van der Waals surface area (Å²) in [7, 11) is 0. The fourth-order valence-corrected chi connectivity index (χ4v) is 10.4. The molecule has 1 spiro atoms. The summed E-state index contributed by atoms with van der Waals surface area (Å²) in [4.78, 5) is 0. The van der Waals surface area contributed by atoms with E-state index in [0.29, 0.717) is 0 Å². The number of hydrogen-bond donors (Lipinski definition) is 0. The van der Waals surface area contributed by atoms with E-state index >= 15 is 0 Å². The van der Waals surface area contributed by atoms with Crippen LogP contribution in [0, 0.1) is 0 Å². The topological polar surface area (TPSA) is 9.23 Å². The maximum atomic E-state index is 7.01. The van der Waals surface area contributed by atoms with Gasteiger partial charge in [0, 0.05) is 16.5 Å². The third kappa shape index (κ3) is 3.92. The van der Waals surface area contributed by atoms with E-state index in [4.69, 9.17) is 4.74 Å². The number of ether oxygens (including phenoxy) is 1. The van der Waals surface area contributed by atoms with Gasteiger partial charge in [0.1, 0.15) is 11.5 Å². The van der Waals surface area contributed by atoms with E-state index in [2.05, 4.69) is 206 Å². The molecule has 0 radical (unpaired) electrons. The number of hydrogen-bond acceptors (Lipinski definition) is 1. The van der Waals surface area contributed by atoms with E-state index in [1.807, 2.05) is 0 Å². The number of rotatable bonds is 3. The fourth-order valence-electron chi connectivity index (χ4n) is 10.4. The molecule has 3 aliphatic rings. The highest BCUT2D eigenvalue weighted by Crippen LogP contribution is 2.63. The van der Waals surface area contributed by atoms with Crippen LogP contribution in [0.5, 0.6) is 11.5 Å². The first-order chi connectivity index (χ1) is 27.3. The lowest BCUT2D eigenvalue weighted by Gasteiger charge is -2.40. The molecule has 0 bridgehead atoms. The molecule has 0 atom stereocenters. The van der Waals surface area contributed by atoms with Gasteiger partial charge in [0.25, 0.3) is 0 Å². The minimum absolute atomic E-state index is 0.426. The highest BCUT2D eigenvalue weighted by atomic mass is 16.5. The first-order valence-electron chi connectivity index (χ1n) is 19.2. The Labute approximate surface area is 320 Å². The van der Waals surface area contributed by atoms with Crippen molar-refractivity contribution in [2.45, 2.75) is 10.8 Å². The van der Waals surface area contributed by atoms with Gasteiger partial charge in [0.2, 0.25) is 0 Å². The maximum absolute atomic E-state index is 7.01. The van der Waals surface area contributed by atoms with Gasteiger partial charge in [-0.15, -0.1) is 0 Å². The predicted octanol–water partition coefficient (Wildman–Crippen LogP) is 13.3. The zero-order valence-electron chi connectivity index (χ0n) is 30.0. The molecule has 0 aromatic heterocycles. The van der Waals surface area contributed by atoms with Crippen molar-refractivity contribution in [1.29, 1.82) is 0 Å². The van der Waals surface area contributed by atoms with E-state index in [1.54, 1.807) is 0 Å². The van der Waals surface area contributed by atoms with Crippen LogP contribution in [-0.4, -0.2) is 0 Å². The van der Waals surface area contributed by atoms with Crippen molar-refractivity contribution in [3.63, 3.8) is 0 Å². The Morgan fingerprint density at radius 1 is 0.309 bits per heavy atom. The van der Waals surface area contributed by atoms with Crippen LogP contribution in [0.2, 0.25) is 0 Å². The molecular formula is C54H34O. The second kappa shape index (κ2) is 11.3. The van der Waals surface area contributed by atoms with Gasteiger partial charge in [0.05, 0.1) is 10.8 Å². The van der Waals surface area contributed by atoms with E-state index in [1.165, 1.54) is 83.3 Å².